The van der Waals surface area contributed by atoms with Gasteiger partial charge in [0.1, 0.15) is 17.3 Å². The Balaban J connectivity index is 1.76. The van der Waals surface area contributed by atoms with Gasteiger partial charge in [0.05, 0.1) is 13.2 Å². The highest BCUT2D eigenvalue weighted by Gasteiger charge is 2.06. The molecule has 3 nitrogen and oxygen atoms in total. The van der Waals surface area contributed by atoms with Crippen LogP contribution < -0.4 is 14.8 Å². The lowest BCUT2D eigenvalue weighted by molar-refractivity contribution is 0.323. The van der Waals surface area contributed by atoms with Crippen LogP contribution in [-0.2, 0) is 0 Å². The number of nitrogens with one attached hydrogen (secondary N) is 1. The molecule has 4 heteroatoms. The first-order valence-corrected chi connectivity index (χ1v) is 10.0. The Labute approximate surface area is 168 Å². The summed E-state index contributed by atoms with van der Waals surface area (Å²) in [4.78, 5) is 0. The number of ether oxygens (including phenoxy) is 2. The molecule has 0 radical (unpaired) electrons. The third-order valence-corrected chi connectivity index (χ3v) is 4.18. The third kappa shape index (κ3) is 7.92. The van der Waals surface area contributed by atoms with E-state index in [2.05, 4.69) is 24.1 Å². The second kappa shape index (κ2) is 11.9. The molecule has 150 valence electrons. The quantitative estimate of drug-likeness (QED) is 0.401. The van der Waals surface area contributed by atoms with Crippen molar-refractivity contribution in [2.45, 2.75) is 52.5 Å². The Hall–Kier alpha value is -2.67. The molecule has 0 aromatic heterocycles. The fraction of sp³-hybridized carbons (Fsp3) is 0.417. The van der Waals surface area contributed by atoms with Gasteiger partial charge in [0, 0.05) is 41.9 Å². The SMILES string of the molecule is CCOc1cc(NC(C)CCCCC#Cc2ccc(F)cc2)cc(OCC)c1. The van der Waals surface area contributed by atoms with Gasteiger partial charge >= 0.3 is 0 Å². The van der Waals surface area contributed by atoms with E-state index < -0.39 is 0 Å². The van der Waals surface area contributed by atoms with Crippen LogP contribution in [0.25, 0.3) is 0 Å². The van der Waals surface area contributed by atoms with Gasteiger partial charge in [-0.1, -0.05) is 18.3 Å². The highest BCUT2D eigenvalue weighted by Crippen LogP contribution is 2.27. The van der Waals surface area contributed by atoms with Crippen molar-refractivity contribution < 1.29 is 13.9 Å². The van der Waals surface area contributed by atoms with Gasteiger partial charge in [-0.15, -0.1) is 0 Å². The Morgan fingerprint density at radius 2 is 1.61 bits per heavy atom. The largest absolute Gasteiger partial charge is 0.494 e. The molecule has 2 rings (SSSR count). The van der Waals surface area contributed by atoms with Crippen LogP contribution in [0.5, 0.6) is 11.5 Å². The monoisotopic (exact) mass is 383 g/mol. The maximum Gasteiger partial charge on any atom is 0.125 e. The number of halogens is 1. The molecule has 0 spiro atoms. The first-order valence-electron chi connectivity index (χ1n) is 10.0. The van der Waals surface area contributed by atoms with Gasteiger partial charge in [-0.3, -0.25) is 0 Å². The first-order chi connectivity index (χ1) is 13.6. The van der Waals surface area contributed by atoms with Crippen LogP contribution in [-0.4, -0.2) is 19.3 Å². The summed E-state index contributed by atoms with van der Waals surface area (Å²) in [6.45, 7) is 7.38. The van der Waals surface area contributed by atoms with Gasteiger partial charge in [0.15, 0.2) is 0 Å². The molecule has 0 heterocycles. The summed E-state index contributed by atoms with van der Waals surface area (Å²) in [6.07, 6.45) is 4.04. The summed E-state index contributed by atoms with van der Waals surface area (Å²) in [5.41, 5.74) is 1.87. The average molecular weight is 384 g/mol. The minimum atomic E-state index is -0.229. The Kier molecular flexibility index (Phi) is 9.21. The number of hydrogen-bond acceptors (Lipinski definition) is 3. The molecular weight excluding hydrogens is 353 g/mol. The first kappa shape index (κ1) is 21.6. The predicted octanol–water partition coefficient (Wildman–Crippen LogP) is 6.04. The standard InChI is InChI=1S/C24H30FNO2/c1-4-27-23-16-22(17-24(18-23)28-5-2)26-19(3)10-8-6-7-9-11-20-12-14-21(25)15-13-20/h12-19,26H,4-8,10H2,1-3H3. The fourth-order valence-corrected chi connectivity index (χ4v) is 2.87. The zero-order valence-electron chi connectivity index (χ0n) is 17.1. The predicted molar refractivity (Wildman–Crippen MR) is 114 cm³/mol. The molecule has 0 saturated heterocycles. The lowest BCUT2D eigenvalue weighted by Gasteiger charge is -2.17. The highest BCUT2D eigenvalue weighted by molar-refractivity contribution is 5.54. The van der Waals surface area contributed by atoms with E-state index in [-0.39, 0.29) is 5.82 Å². The van der Waals surface area contributed by atoms with E-state index in [4.69, 9.17) is 9.47 Å². The van der Waals surface area contributed by atoms with Crippen LogP contribution in [0.4, 0.5) is 10.1 Å². The molecular formula is C24H30FNO2. The van der Waals surface area contributed by atoms with Crippen LogP contribution in [0.3, 0.4) is 0 Å². The topological polar surface area (TPSA) is 30.5 Å². The van der Waals surface area contributed by atoms with Crippen molar-refractivity contribution in [2.24, 2.45) is 0 Å². The van der Waals surface area contributed by atoms with Crippen LogP contribution >= 0.6 is 0 Å². The van der Waals surface area contributed by atoms with Crippen molar-refractivity contribution in [3.63, 3.8) is 0 Å². The molecule has 0 aliphatic rings. The Morgan fingerprint density at radius 1 is 0.964 bits per heavy atom. The van der Waals surface area contributed by atoms with E-state index >= 15 is 0 Å². The van der Waals surface area contributed by atoms with Crippen LogP contribution in [0.15, 0.2) is 42.5 Å². The third-order valence-electron chi connectivity index (χ3n) is 4.18. The van der Waals surface area contributed by atoms with E-state index in [0.29, 0.717) is 19.3 Å². The second-order valence-electron chi connectivity index (χ2n) is 6.66. The van der Waals surface area contributed by atoms with E-state index in [9.17, 15) is 4.39 Å². The summed E-state index contributed by atoms with van der Waals surface area (Å²) in [5.74, 6) is 7.65. The minimum Gasteiger partial charge on any atom is -0.494 e. The van der Waals surface area contributed by atoms with E-state index in [1.54, 1.807) is 12.1 Å². The summed E-state index contributed by atoms with van der Waals surface area (Å²) >= 11 is 0. The smallest absolute Gasteiger partial charge is 0.125 e. The molecule has 1 unspecified atom stereocenters. The van der Waals surface area contributed by atoms with E-state index in [0.717, 1.165) is 48.4 Å². The zero-order chi connectivity index (χ0) is 20.2. The molecule has 2 aromatic rings. The number of rotatable bonds is 10. The van der Waals surface area contributed by atoms with Crippen LogP contribution in [0, 0.1) is 17.7 Å². The van der Waals surface area contributed by atoms with Crippen molar-refractivity contribution >= 4 is 5.69 Å². The normalized spacial score (nSPS) is 11.3. The van der Waals surface area contributed by atoms with Crippen LogP contribution in [0.1, 0.15) is 52.0 Å². The highest BCUT2D eigenvalue weighted by atomic mass is 19.1. The van der Waals surface area contributed by atoms with Gasteiger partial charge < -0.3 is 14.8 Å². The molecule has 1 atom stereocenters. The van der Waals surface area contributed by atoms with Crippen molar-refractivity contribution in [2.75, 3.05) is 18.5 Å². The molecule has 1 N–H and O–H groups in total. The molecule has 0 bridgehead atoms. The van der Waals surface area contributed by atoms with Crippen molar-refractivity contribution in [3.8, 4) is 23.3 Å². The van der Waals surface area contributed by atoms with Gasteiger partial charge in [-0.25, -0.2) is 4.39 Å². The number of benzene rings is 2. The molecule has 0 saturated carbocycles. The van der Waals surface area contributed by atoms with E-state index in [1.165, 1.54) is 12.1 Å². The Morgan fingerprint density at radius 3 is 2.21 bits per heavy atom. The zero-order valence-corrected chi connectivity index (χ0v) is 17.1. The van der Waals surface area contributed by atoms with Crippen LogP contribution in [0.2, 0.25) is 0 Å². The molecule has 2 aromatic carbocycles. The summed E-state index contributed by atoms with van der Waals surface area (Å²) in [7, 11) is 0. The van der Waals surface area contributed by atoms with Crippen molar-refractivity contribution in [3.05, 3.63) is 53.8 Å². The summed E-state index contributed by atoms with van der Waals surface area (Å²) < 4.78 is 24.1. The summed E-state index contributed by atoms with van der Waals surface area (Å²) in [6, 6.07) is 12.6. The fourth-order valence-electron chi connectivity index (χ4n) is 2.87. The number of hydrogen-bond donors (Lipinski definition) is 1. The van der Waals surface area contributed by atoms with Gasteiger partial charge in [-0.05, 0) is 57.9 Å². The second-order valence-corrected chi connectivity index (χ2v) is 6.66. The molecule has 0 aliphatic carbocycles. The van der Waals surface area contributed by atoms with E-state index in [1.807, 2.05) is 32.0 Å². The average Bonchev–Trinajstić information content (AvgIpc) is 2.66. The van der Waals surface area contributed by atoms with Gasteiger partial charge in [0.25, 0.3) is 0 Å². The lowest BCUT2D eigenvalue weighted by Crippen LogP contribution is -2.15. The molecule has 0 fully saturated rings. The number of unbranched alkanes of at least 4 members (excludes halogenated alkanes) is 2. The molecule has 0 amide bonds. The Bertz CT molecular complexity index is 753. The maximum absolute atomic E-state index is 12.9. The molecule has 0 aliphatic heterocycles. The van der Waals surface area contributed by atoms with Gasteiger partial charge in [0.2, 0.25) is 0 Å². The lowest BCUT2D eigenvalue weighted by atomic mass is 10.1. The maximum atomic E-state index is 12.9. The molecule has 28 heavy (non-hydrogen) atoms. The van der Waals surface area contributed by atoms with Crippen molar-refractivity contribution in [1.29, 1.82) is 0 Å². The summed E-state index contributed by atoms with van der Waals surface area (Å²) in [5, 5.41) is 3.53. The van der Waals surface area contributed by atoms with Gasteiger partial charge in [-0.2, -0.15) is 0 Å². The minimum absolute atomic E-state index is 0.229. The van der Waals surface area contributed by atoms with Crippen molar-refractivity contribution in [1.82, 2.24) is 0 Å². The number of anilines is 1.